The molecular formula is C12H20. The van der Waals surface area contributed by atoms with Crippen LogP contribution in [0.25, 0.3) is 0 Å². The number of hydrogen-bond donors (Lipinski definition) is 0. The van der Waals surface area contributed by atoms with Gasteiger partial charge in [-0.05, 0) is 26.2 Å². The molecule has 0 aliphatic carbocycles. The molecular weight excluding hydrogens is 144 g/mol. The van der Waals surface area contributed by atoms with Crippen LogP contribution in [-0.4, -0.2) is 0 Å². The largest absolute Gasteiger partial charge is 0.104 e. The molecule has 0 aromatic rings. The molecule has 0 unspecified atom stereocenters. The predicted octanol–water partition coefficient (Wildman–Crippen LogP) is 3.93. The van der Waals surface area contributed by atoms with Gasteiger partial charge in [0, 0.05) is 12.8 Å². The van der Waals surface area contributed by atoms with Crippen molar-refractivity contribution in [2.75, 3.05) is 0 Å². The van der Waals surface area contributed by atoms with Gasteiger partial charge in [0.05, 0.1) is 0 Å². The van der Waals surface area contributed by atoms with Gasteiger partial charge < -0.3 is 0 Å². The summed E-state index contributed by atoms with van der Waals surface area (Å²) < 4.78 is 0. The first-order valence-electron chi connectivity index (χ1n) is 4.98. The lowest BCUT2D eigenvalue weighted by atomic mass is 10.1. The third-order valence-electron chi connectivity index (χ3n) is 1.71. The molecule has 0 aliphatic rings. The van der Waals surface area contributed by atoms with E-state index >= 15 is 0 Å². The van der Waals surface area contributed by atoms with E-state index in [-0.39, 0.29) is 0 Å². The highest BCUT2D eigenvalue weighted by atomic mass is 13.9. The van der Waals surface area contributed by atoms with E-state index in [1.165, 1.54) is 25.7 Å². The second-order valence-corrected chi connectivity index (χ2v) is 2.88. The van der Waals surface area contributed by atoms with Gasteiger partial charge >= 0.3 is 0 Å². The summed E-state index contributed by atoms with van der Waals surface area (Å²) in [7, 11) is 0. The summed E-state index contributed by atoms with van der Waals surface area (Å²) in [5, 5.41) is 0. The standard InChI is InChI=1S/C12H20/c1-3-5-7-9-11-12-10-8-6-4-2/h3,5H,4,7,9-12H2,1-2H3. The third-order valence-corrected chi connectivity index (χ3v) is 1.71. The molecule has 0 aromatic carbocycles. The molecule has 0 saturated carbocycles. The average Bonchev–Trinajstić information content (AvgIpc) is 2.10. The van der Waals surface area contributed by atoms with E-state index < -0.39 is 0 Å². The molecule has 0 bridgehead atoms. The first-order valence-corrected chi connectivity index (χ1v) is 4.98. The molecule has 12 heavy (non-hydrogen) atoms. The monoisotopic (exact) mass is 164 g/mol. The summed E-state index contributed by atoms with van der Waals surface area (Å²) in [5.41, 5.74) is 0. The highest BCUT2D eigenvalue weighted by molar-refractivity contribution is 4.97. The van der Waals surface area contributed by atoms with Gasteiger partial charge in [0.25, 0.3) is 0 Å². The SMILES string of the molecule is CC=CCCCCCC#CCC. The summed E-state index contributed by atoms with van der Waals surface area (Å²) in [6.07, 6.45) is 11.6. The van der Waals surface area contributed by atoms with E-state index in [1.807, 2.05) is 0 Å². The van der Waals surface area contributed by atoms with E-state index in [1.54, 1.807) is 0 Å². The fourth-order valence-electron chi connectivity index (χ4n) is 1.03. The van der Waals surface area contributed by atoms with Crippen molar-refractivity contribution in [3.63, 3.8) is 0 Å². The summed E-state index contributed by atoms with van der Waals surface area (Å²) in [4.78, 5) is 0. The summed E-state index contributed by atoms with van der Waals surface area (Å²) in [5.74, 6) is 6.24. The smallest absolute Gasteiger partial charge is 0.00886 e. The van der Waals surface area contributed by atoms with E-state index in [2.05, 4.69) is 37.8 Å². The molecule has 68 valence electrons. The Morgan fingerprint density at radius 1 is 1.08 bits per heavy atom. The number of allylic oxidation sites excluding steroid dienone is 2. The molecule has 0 atom stereocenters. The zero-order valence-electron chi connectivity index (χ0n) is 8.40. The molecule has 0 amide bonds. The average molecular weight is 164 g/mol. The lowest BCUT2D eigenvalue weighted by Crippen LogP contribution is -1.74. The molecule has 0 saturated heterocycles. The van der Waals surface area contributed by atoms with Gasteiger partial charge in [0.15, 0.2) is 0 Å². The molecule has 0 rings (SSSR count). The molecule has 0 heterocycles. The Bertz CT molecular complexity index is 155. The van der Waals surface area contributed by atoms with E-state index in [9.17, 15) is 0 Å². The van der Waals surface area contributed by atoms with Crippen LogP contribution in [-0.2, 0) is 0 Å². The van der Waals surface area contributed by atoms with Gasteiger partial charge in [-0.25, -0.2) is 0 Å². The maximum atomic E-state index is 3.16. The summed E-state index contributed by atoms with van der Waals surface area (Å²) >= 11 is 0. The lowest BCUT2D eigenvalue weighted by molar-refractivity contribution is 0.702. The third kappa shape index (κ3) is 9.30. The Labute approximate surface area is 77.1 Å². The number of unbranched alkanes of at least 4 members (excludes halogenated alkanes) is 4. The van der Waals surface area contributed by atoms with Crippen LogP contribution in [0.2, 0.25) is 0 Å². The van der Waals surface area contributed by atoms with Crippen molar-refractivity contribution >= 4 is 0 Å². The minimum absolute atomic E-state index is 0.999. The van der Waals surface area contributed by atoms with Crippen LogP contribution in [0.1, 0.15) is 52.4 Å². The Balaban J connectivity index is 3.00. The van der Waals surface area contributed by atoms with Gasteiger partial charge in [0.2, 0.25) is 0 Å². The maximum Gasteiger partial charge on any atom is 0.00886 e. The predicted molar refractivity (Wildman–Crippen MR) is 56.0 cm³/mol. The second kappa shape index (κ2) is 10.3. The Hall–Kier alpha value is -0.700. The lowest BCUT2D eigenvalue weighted by Gasteiger charge is -1.92. The van der Waals surface area contributed by atoms with Crippen molar-refractivity contribution in [1.29, 1.82) is 0 Å². The van der Waals surface area contributed by atoms with E-state index in [4.69, 9.17) is 0 Å². The van der Waals surface area contributed by atoms with Crippen molar-refractivity contribution in [2.45, 2.75) is 52.4 Å². The number of hydrogen-bond acceptors (Lipinski definition) is 0. The molecule has 0 heteroatoms. The number of rotatable bonds is 5. The van der Waals surface area contributed by atoms with Crippen molar-refractivity contribution in [3.8, 4) is 11.8 Å². The van der Waals surface area contributed by atoms with Crippen LogP contribution in [0, 0.1) is 11.8 Å². The fraction of sp³-hybridized carbons (Fsp3) is 0.667. The maximum absolute atomic E-state index is 3.16. The van der Waals surface area contributed by atoms with Crippen molar-refractivity contribution in [3.05, 3.63) is 12.2 Å². The molecule has 0 aliphatic heterocycles. The minimum atomic E-state index is 0.999. The highest BCUT2D eigenvalue weighted by Gasteiger charge is 1.84. The molecule has 0 nitrogen and oxygen atoms in total. The van der Waals surface area contributed by atoms with Crippen LogP contribution >= 0.6 is 0 Å². The van der Waals surface area contributed by atoms with E-state index in [0.29, 0.717) is 0 Å². The Morgan fingerprint density at radius 2 is 1.92 bits per heavy atom. The van der Waals surface area contributed by atoms with E-state index in [0.717, 1.165) is 12.8 Å². The van der Waals surface area contributed by atoms with Crippen LogP contribution in [0.4, 0.5) is 0 Å². The van der Waals surface area contributed by atoms with Crippen LogP contribution < -0.4 is 0 Å². The minimum Gasteiger partial charge on any atom is -0.104 e. The second-order valence-electron chi connectivity index (χ2n) is 2.88. The van der Waals surface area contributed by atoms with Crippen LogP contribution in [0.5, 0.6) is 0 Å². The first kappa shape index (κ1) is 11.3. The Kier molecular flexibility index (Phi) is 9.70. The van der Waals surface area contributed by atoms with Crippen LogP contribution in [0.15, 0.2) is 12.2 Å². The summed E-state index contributed by atoms with van der Waals surface area (Å²) in [6.45, 7) is 4.17. The molecule has 0 spiro atoms. The van der Waals surface area contributed by atoms with Gasteiger partial charge in [-0.2, -0.15) is 0 Å². The van der Waals surface area contributed by atoms with Gasteiger partial charge in [-0.15, -0.1) is 11.8 Å². The van der Waals surface area contributed by atoms with Gasteiger partial charge in [-0.3, -0.25) is 0 Å². The van der Waals surface area contributed by atoms with Crippen molar-refractivity contribution < 1.29 is 0 Å². The fourth-order valence-corrected chi connectivity index (χ4v) is 1.03. The molecule has 0 fully saturated rings. The molecule has 0 radical (unpaired) electrons. The zero-order valence-corrected chi connectivity index (χ0v) is 8.40. The molecule has 0 N–H and O–H groups in total. The summed E-state index contributed by atoms with van der Waals surface area (Å²) in [6, 6.07) is 0. The topological polar surface area (TPSA) is 0 Å². The molecule has 0 aromatic heterocycles. The quantitative estimate of drug-likeness (QED) is 0.328. The van der Waals surface area contributed by atoms with Crippen LogP contribution in [0.3, 0.4) is 0 Å². The zero-order chi connectivity index (χ0) is 9.07. The van der Waals surface area contributed by atoms with Gasteiger partial charge in [-0.1, -0.05) is 25.5 Å². The first-order chi connectivity index (χ1) is 5.91. The normalized spacial score (nSPS) is 9.83. The Morgan fingerprint density at radius 3 is 2.58 bits per heavy atom. The highest BCUT2D eigenvalue weighted by Crippen LogP contribution is 2.02. The van der Waals surface area contributed by atoms with Crippen molar-refractivity contribution in [1.82, 2.24) is 0 Å². The van der Waals surface area contributed by atoms with Crippen molar-refractivity contribution in [2.24, 2.45) is 0 Å². The van der Waals surface area contributed by atoms with Gasteiger partial charge in [0.1, 0.15) is 0 Å².